The van der Waals surface area contributed by atoms with E-state index in [-0.39, 0.29) is 39.7 Å². The molecule has 0 saturated heterocycles. The number of carbonyl (C=O) groups is 1. The Morgan fingerprint density at radius 2 is 1.78 bits per heavy atom. The summed E-state index contributed by atoms with van der Waals surface area (Å²) >= 11 is 1.62. The number of hydrogen-bond acceptors (Lipinski definition) is 6. The summed E-state index contributed by atoms with van der Waals surface area (Å²) in [4.78, 5) is 10.6. The van der Waals surface area contributed by atoms with Gasteiger partial charge in [0.05, 0.1) is 10.9 Å². The van der Waals surface area contributed by atoms with Crippen molar-refractivity contribution in [3.05, 3.63) is 60.2 Å². The Morgan fingerprint density at radius 1 is 1.15 bits per heavy atom. The second-order valence-corrected chi connectivity index (χ2v) is 8.67. The molecule has 0 aliphatic rings. The van der Waals surface area contributed by atoms with Crippen LogP contribution >= 0.6 is 11.8 Å². The van der Waals surface area contributed by atoms with E-state index in [0.717, 1.165) is 5.56 Å². The van der Waals surface area contributed by atoms with E-state index in [0.29, 0.717) is 18.0 Å². The predicted molar refractivity (Wildman–Crippen MR) is 99.4 cm³/mol. The maximum atomic E-state index is 12.1. The molecule has 0 fully saturated rings. The van der Waals surface area contributed by atoms with E-state index < -0.39 is 22.6 Å². The number of benzene rings is 2. The summed E-state index contributed by atoms with van der Waals surface area (Å²) in [6, 6.07) is 15.4. The van der Waals surface area contributed by atoms with Crippen LogP contribution < -0.4 is 44.1 Å². The minimum Gasteiger partial charge on any atom is -0.546 e. The summed E-state index contributed by atoms with van der Waals surface area (Å²) < 4.78 is 31.8. The fourth-order valence-electron chi connectivity index (χ4n) is 2.17. The summed E-state index contributed by atoms with van der Waals surface area (Å²) in [5, 5.41) is 10.5. The summed E-state index contributed by atoms with van der Waals surface area (Å²) in [7, 11) is -3.47. The van der Waals surface area contributed by atoms with Gasteiger partial charge in [0.1, 0.15) is 12.4 Å². The third-order valence-electron chi connectivity index (χ3n) is 3.52. The molecule has 0 aliphatic carbocycles. The number of carboxylic acid groups (broad SMARTS) is 1. The Morgan fingerprint density at radius 3 is 2.37 bits per heavy atom. The molecular formula is C18H20NNaO5S2. The van der Waals surface area contributed by atoms with Gasteiger partial charge in [0.15, 0.2) is 0 Å². The largest absolute Gasteiger partial charge is 1.00 e. The number of hydrogen-bond donors (Lipinski definition) is 1. The number of carboxylic acids is 1. The molecule has 140 valence electrons. The number of rotatable bonds is 10. The fourth-order valence-corrected chi connectivity index (χ4v) is 4.27. The number of nitrogens with one attached hydrogen (secondary N) is 1. The van der Waals surface area contributed by atoms with Gasteiger partial charge in [0.2, 0.25) is 10.0 Å². The van der Waals surface area contributed by atoms with Crippen LogP contribution in [-0.2, 0) is 14.8 Å². The van der Waals surface area contributed by atoms with Gasteiger partial charge >= 0.3 is 29.6 Å². The minimum absolute atomic E-state index is 0. The summed E-state index contributed by atoms with van der Waals surface area (Å²) in [6.45, 7) is 1.87. The second kappa shape index (κ2) is 11.7. The summed E-state index contributed by atoms with van der Waals surface area (Å²) in [5.41, 5.74) is 1.04. The number of aliphatic carboxylic acids is 1. The first kappa shape index (κ1) is 24.0. The molecular weight excluding hydrogens is 397 g/mol. The fraction of sp³-hybridized carbons (Fsp3) is 0.278. The van der Waals surface area contributed by atoms with Crippen LogP contribution in [-0.4, -0.2) is 33.3 Å². The first-order chi connectivity index (χ1) is 12.4. The average Bonchev–Trinajstić information content (AvgIpc) is 2.64. The van der Waals surface area contributed by atoms with Crippen LogP contribution in [0.1, 0.15) is 17.7 Å². The van der Waals surface area contributed by atoms with E-state index in [2.05, 4.69) is 4.72 Å². The zero-order chi connectivity index (χ0) is 19.0. The van der Waals surface area contributed by atoms with Gasteiger partial charge < -0.3 is 14.6 Å². The molecule has 9 heteroatoms. The van der Waals surface area contributed by atoms with Crippen LogP contribution in [0.15, 0.2) is 59.5 Å². The standard InChI is InChI=1S/C18H21NO5S2.Na/c1-14(15-7-9-16(10-8-15)24-13-18(20)21)25-12-11-19-26(22,23)17-5-3-2-4-6-17;/h2-10,14,19H,11-13H2,1H3,(H,20,21);/q;+1/p-1. The van der Waals surface area contributed by atoms with Gasteiger partial charge in [-0.1, -0.05) is 30.3 Å². The number of sulfonamides is 1. The van der Waals surface area contributed by atoms with Crippen molar-refractivity contribution in [2.24, 2.45) is 0 Å². The van der Waals surface area contributed by atoms with E-state index in [1.807, 2.05) is 19.1 Å². The van der Waals surface area contributed by atoms with Crippen LogP contribution in [0.5, 0.6) is 5.75 Å². The van der Waals surface area contributed by atoms with Gasteiger partial charge in [-0.25, -0.2) is 13.1 Å². The molecule has 1 N–H and O–H groups in total. The number of ether oxygens (including phenoxy) is 1. The zero-order valence-electron chi connectivity index (χ0n) is 15.3. The molecule has 27 heavy (non-hydrogen) atoms. The Hall–Kier alpha value is -1.03. The molecule has 0 aliphatic heterocycles. The maximum absolute atomic E-state index is 12.1. The van der Waals surface area contributed by atoms with Crippen molar-refractivity contribution in [2.45, 2.75) is 17.1 Å². The smallest absolute Gasteiger partial charge is 0.546 e. The molecule has 1 unspecified atom stereocenters. The van der Waals surface area contributed by atoms with Crippen molar-refractivity contribution in [2.75, 3.05) is 18.9 Å². The van der Waals surface area contributed by atoms with E-state index in [1.165, 1.54) is 0 Å². The molecule has 0 aromatic heterocycles. The maximum Gasteiger partial charge on any atom is 1.00 e. The molecule has 0 saturated carbocycles. The quantitative estimate of drug-likeness (QED) is 0.377. The van der Waals surface area contributed by atoms with Gasteiger partial charge in [0, 0.05) is 17.5 Å². The zero-order valence-corrected chi connectivity index (χ0v) is 18.9. The predicted octanol–water partition coefficient (Wildman–Crippen LogP) is -1.41. The molecule has 0 amide bonds. The van der Waals surface area contributed by atoms with Crippen molar-refractivity contribution in [1.29, 1.82) is 0 Å². The minimum atomic E-state index is -3.47. The van der Waals surface area contributed by atoms with Crippen molar-refractivity contribution < 1.29 is 52.6 Å². The molecule has 6 nitrogen and oxygen atoms in total. The van der Waals surface area contributed by atoms with E-state index in [4.69, 9.17) is 4.74 Å². The second-order valence-electron chi connectivity index (χ2n) is 5.45. The van der Waals surface area contributed by atoms with Gasteiger partial charge in [0.25, 0.3) is 0 Å². The van der Waals surface area contributed by atoms with Gasteiger partial charge in [-0.3, -0.25) is 0 Å². The Bertz CT molecular complexity index is 813. The number of thioether (sulfide) groups is 1. The first-order valence-corrected chi connectivity index (χ1v) is 10.5. The third-order valence-corrected chi connectivity index (χ3v) is 6.21. The normalized spacial score (nSPS) is 12.0. The molecule has 0 radical (unpaired) electrons. The van der Waals surface area contributed by atoms with Crippen molar-refractivity contribution in [1.82, 2.24) is 4.72 Å². The molecule has 0 bridgehead atoms. The van der Waals surface area contributed by atoms with Crippen LogP contribution in [0.3, 0.4) is 0 Å². The van der Waals surface area contributed by atoms with Gasteiger partial charge in [-0.15, -0.1) is 0 Å². The van der Waals surface area contributed by atoms with E-state index in [9.17, 15) is 18.3 Å². The Kier molecular flexibility index (Phi) is 10.4. The average molecular weight is 417 g/mol. The number of carbonyl (C=O) groups excluding carboxylic acids is 1. The van der Waals surface area contributed by atoms with Crippen LogP contribution in [0, 0.1) is 0 Å². The van der Waals surface area contributed by atoms with Crippen LogP contribution in [0.2, 0.25) is 0 Å². The van der Waals surface area contributed by atoms with E-state index in [1.54, 1.807) is 54.2 Å². The SMILES string of the molecule is CC(SCCNS(=O)(=O)c1ccccc1)c1ccc(OCC(=O)[O-])cc1.[Na+]. The van der Waals surface area contributed by atoms with Crippen molar-refractivity contribution in [3.8, 4) is 5.75 Å². The van der Waals surface area contributed by atoms with Crippen molar-refractivity contribution >= 4 is 27.8 Å². The molecule has 2 aromatic rings. The van der Waals surface area contributed by atoms with E-state index >= 15 is 0 Å². The van der Waals surface area contributed by atoms with Gasteiger partial charge in [-0.05, 0) is 36.8 Å². The van der Waals surface area contributed by atoms with Crippen LogP contribution in [0.25, 0.3) is 0 Å². The summed E-state index contributed by atoms with van der Waals surface area (Å²) in [5.74, 6) is -0.183. The first-order valence-electron chi connectivity index (χ1n) is 7.97. The van der Waals surface area contributed by atoms with Gasteiger partial charge in [-0.2, -0.15) is 11.8 Å². The Labute approximate surface area is 186 Å². The summed E-state index contributed by atoms with van der Waals surface area (Å²) in [6.07, 6.45) is 0. The monoisotopic (exact) mass is 417 g/mol. The van der Waals surface area contributed by atoms with Crippen molar-refractivity contribution in [3.63, 3.8) is 0 Å². The topological polar surface area (TPSA) is 95.5 Å². The molecule has 2 aromatic carbocycles. The molecule has 0 spiro atoms. The van der Waals surface area contributed by atoms with Crippen LogP contribution in [0.4, 0.5) is 0 Å². The third kappa shape index (κ3) is 8.25. The molecule has 2 rings (SSSR count). The Balaban J connectivity index is 0.00000364. The molecule has 1 atom stereocenters. The molecule has 0 heterocycles.